The molecule has 0 saturated carbocycles. The van der Waals surface area contributed by atoms with Crippen LogP contribution in [0, 0.1) is 0 Å². The molecule has 1 atom stereocenters. The van der Waals surface area contributed by atoms with Crippen molar-refractivity contribution in [3.05, 3.63) is 35.9 Å². The largest absolute Gasteiger partial charge is 0.213 e. The van der Waals surface area contributed by atoms with Gasteiger partial charge in [0.25, 0.3) is 0 Å². The molecule has 1 aliphatic rings. The van der Waals surface area contributed by atoms with Gasteiger partial charge in [-0.05, 0) is 18.2 Å². The second-order valence-corrected chi connectivity index (χ2v) is 2.64. The molecule has 0 radical (unpaired) electrons. The topological polar surface area (TPSA) is 24.7 Å². The van der Waals surface area contributed by atoms with E-state index < -0.39 is 0 Å². The van der Waals surface area contributed by atoms with Crippen molar-refractivity contribution in [2.24, 2.45) is 0 Å². The Kier molecular flexibility index (Phi) is 1.49. The van der Waals surface area contributed by atoms with E-state index in [9.17, 15) is 5.21 Å². The molecule has 0 bridgehead atoms. The highest BCUT2D eigenvalue weighted by molar-refractivity contribution is 5.61. The van der Waals surface area contributed by atoms with E-state index in [0.717, 1.165) is 11.3 Å². The summed E-state index contributed by atoms with van der Waals surface area (Å²) in [6.45, 7) is 0.664. The highest BCUT2D eigenvalue weighted by Gasteiger charge is 2.14. The van der Waals surface area contributed by atoms with Gasteiger partial charge in [0.2, 0.25) is 0 Å². The fraction of sp³-hybridized carbons (Fsp3) is 0.111. The lowest BCUT2D eigenvalue weighted by Crippen LogP contribution is -3.05. The predicted molar refractivity (Wildman–Crippen MR) is 42.8 cm³/mol. The Hall–Kier alpha value is -1.12. The summed E-state index contributed by atoms with van der Waals surface area (Å²) in [5, 5.41) is 9.90. The normalized spacial score (nSPS) is 21.4. The molecule has 1 aromatic rings. The Morgan fingerprint density at radius 2 is 2.09 bits per heavy atom. The summed E-state index contributed by atoms with van der Waals surface area (Å²) >= 11 is 0. The van der Waals surface area contributed by atoms with Crippen molar-refractivity contribution >= 4 is 11.8 Å². The molecule has 0 saturated heterocycles. The van der Waals surface area contributed by atoms with Crippen molar-refractivity contribution in [1.29, 1.82) is 0 Å². The first kappa shape index (κ1) is 6.58. The van der Waals surface area contributed by atoms with Gasteiger partial charge in [-0.2, -0.15) is 5.06 Å². The number of hydrogen-bond donors (Lipinski definition) is 2. The molecular formula is C9H10NO+. The second-order valence-electron chi connectivity index (χ2n) is 2.64. The van der Waals surface area contributed by atoms with Crippen LogP contribution in [0.15, 0.2) is 30.3 Å². The number of para-hydroxylation sites is 1. The molecule has 1 heterocycles. The van der Waals surface area contributed by atoms with Crippen LogP contribution < -0.4 is 5.06 Å². The Morgan fingerprint density at radius 3 is 2.91 bits per heavy atom. The van der Waals surface area contributed by atoms with Gasteiger partial charge in [0.1, 0.15) is 6.54 Å². The Balaban J connectivity index is 2.54. The first-order valence-corrected chi connectivity index (χ1v) is 3.68. The third kappa shape index (κ3) is 1.06. The molecule has 2 nitrogen and oxygen atoms in total. The van der Waals surface area contributed by atoms with Crippen LogP contribution in [0.25, 0.3) is 6.08 Å². The molecular weight excluding hydrogens is 138 g/mol. The van der Waals surface area contributed by atoms with Crippen molar-refractivity contribution < 1.29 is 10.3 Å². The van der Waals surface area contributed by atoms with Gasteiger partial charge in [-0.1, -0.05) is 12.1 Å². The van der Waals surface area contributed by atoms with Gasteiger partial charge in [0, 0.05) is 11.6 Å². The van der Waals surface area contributed by atoms with Gasteiger partial charge in [0.15, 0.2) is 5.69 Å². The summed E-state index contributed by atoms with van der Waals surface area (Å²) in [6, 6.07) is 7.85. The Morgan fingerprint density at radius 1 is 1.27 bits per heavy atom. The molecule has 0 aliphatic carbocycles. The van der Waals surface area contributed by atoms with E-state index in [1.54, 1.807) is 0 Å². The number of quaternary nitrogens is 1. The number of hydrogen-bond acceptors (Lipinski definition) is 1. The highest BCUT2D eigenvalue weighted by atomic mass is 16.5. The standard InChI is InChI=1S/C9H9NO/c11-10-7-3-5-8-4-1-2-6-9(8)10/h1-6,11H,7H2/p+1. The monoisotopic (exact) mass is 148 g/mol. The van der Waals surface area contributed by atoms with Gasteiger partial charge in [-0.3, -0.25) is 0 Å². The van der Waals surface area contributed by atoms with Crippen LogP contribution in [-0.4, -0.2) is 11.8 Å². The molecule has 1 aliphatic heterocycles. The number of rotatable bonds is 0. The van der Waals surface area contributed by atoms with Crippen LogP contribution in [0.1, 0.15) is 5.56 Å². The van der Waals surface area contributed by atoms with Crippen LogP contribution in [0.5, 0.6) is 0 Å². The maximum atomic E-state index is 9.43. The number of hydroxylamine groups is 1. The molecule has 0 amide bonds. The van der Waals surface area contributed by atoms with Gasteiger partial charge >= 0.3 is 0 Å². The minimum Gasteiger partial charge on any atom is -0.213 e. The quantitative estimate of drug-likeness (QED) is 0.554. The van der Waals surface area contributed by atoms with Crippen molar-refractivity contribution in [3.8, 4) is 0 Å². The zero-order valence-corrected chi connectivity index (χ0v) is 6.12. The van der Waals surface area contributed by atoms with Crippen LogP contribution >= 0.6 is 0 Å². The third-order valence-corrected chi connectivity index (χ3v) is 1.88. The lowest BCUT2D eigenvalue weighted by atomic mass is 10.1. The summed E-state index contributed by atoms with van der Waals surface area (Å²) in [5.74, 6) is 0. The van der Waals surface area contributed by atoms with E-state index in [2.05, 4.69) is 0 Å². The smallest absolute Gasteiger partial charge is 0.171 e. The van der Waals surface area contributed by atoms with Gasteiger partial charge in [-0.15, -0.1) is 0 Å². The lowest BCUT2D eigenvalue weighted by Gasteiger charge is -2.13. The van der Waals surface area contributed by atoms with Gasteiger partial charge < -0.3 is 0 Å². The molecule has 1 unspecified atom stereocenters. The van der Waals surface area contributed by atoms with Crippen molar-refractivity contribution in [3.63, 3.8) is 0 Å². The average molecular weight is 148 g/mol. The fourth-order valence-corrected chi connectivity index (χ4v) is 1.31. The summed E-state index contributed by atoms with van der Waals surface area (Å²) in [5.41, 5.74) is 2.08. The maximum Gasteiger partial charge on any atom is 0.171 e. The Labute approximate surface area is 65.3 Å². The van der Waals surface area contributed by atoms with E-state index in [4.69, 9.17) is 0 Å². The van der Waals surface area contributed by atoms with Crippen molar-refractivity contribution in [2.75, 3.05) is 6.54 Å². The zero-order valence-electron chi connectivity index (χ0n) is 6.12. The molecule has 2 rings (SSSR count). The van der Waals surface area contributed by atoms with E-state index >= 15 is 0 Å². The molecule has 11 heavy (non-hydrogen) atoms. The summed E-state index contributed by atoms with van der Waals surface area (Å²) in [6.07, 6.45) is 4.01. The second kappa shape index (κ2) is 2.49. The number of benzene rings is 1. The lowest BCUT2D eigenvalue weighted by molar-refractivity contribution is -1.03. The first-order chi connectivity index (χ1) is 5.38. The molecule has 0 spiro atoms. The van der Waals surface area contributed by atoms with Crippen molar-refractivity contribution in [2.45, 2.75) is 0 Å². The summed E-state index contributed by atoms with van der Waals surface area (Å²) in [4.78, 5) is 0. The van der Waals surface area contributed by atoms with E-state index in [0.29, 0.717) is 11.6 Å². The highest BCUT2D eigenvalue weighted by Crippen LogP contribution is 2.13. The summed E-state index contributed by atoms with van der Waals surface area (Å²) in [7, 11) is 0. The fourth-order valence-electron chi connectivity index (χ4n) is 1.31. The molecule has 1 aromatic carbocycles. The molecule has 2 heteroatoms. The molecule has 0 fully saturated rings. The first-order valence-electron chi connectivity index (χ1n) is 3.68. The van der Waals surface area contributed by atoms with Crippen LogP contribution in [0.3, 0.4) is 0 Å². The van der Waals surface area contributed by atoms with E-state index in [1.165, 1.54) is 0 Å². The SMILES string of the molecule is O[NH+]1CC=Cc2ccccc21. The van der Waals surface area contributed by atoms with E-state index in [-0.39, 0.29) is 0 Å². The minimum atomic E-state index is 0.475. The molecule has 2 N–H and O–H groups in total. The van der Waals surface area contributed by atoms with Gasteiger partial charge in [0.05, 0.1) is 0 Å². The van der Waals surface area contributed by atoms with Crippen LogP contribution in [-0.2, 0) is 0 Å². The van der Waals surface area contributed by atoms with Crippen LogP contribution in [0.2, 0.25) is 0 Å². The zero-order chi connectivity index (χ0) is 7.68. The van der Waals surface area contributed by atoms with Crippen molar-refractivity contribution in [1.82, 2.24) is 0 Å². The number of fused-ring (bicyclic) bond motifs is 1. The van der Waals surface area contributed by atoms with Gasteiger partial charge in [-0.25, -0.2) is 5.21 Å². The molecule has 56 valence electrons. The Bertz CT molecular complexity index is 293. The molecule has 0 aromatic heterocycles. The number of nitrogens with one attached hydrogen (secondary N) is 1. The maximum absolute atomic E-state index is 9.43. The third-order valence-electron chi connectivity index (χ3n) is 1.88. The minimum absolute atomic E-state index is 0.475. The summed E-state index contributed by atoms with van der Waals surface area (Å²) < 4.78 is 0. The predicted octanol–water partition coefficient (Wildman–Crippen LogP) is 0.619. The van der Waals surface area contributed by atoms with Crippen LogP contribution in [0.4, 0.5) is 5.69 Å². The average Bonchev–Trinajstić information content (AvgIpc) is 2.06. The van der Waals surface area contributed by atoms with E-state index in [1.807, 2.05) is 36.4 Å².